The summed E-state index contributed by atoms with van der Waals surface area (Å²) in [6.45, 7) is 1.45. The van der Waals surface area contributed by atoms with E-state index >= 15 is 0 Å². The Bertz CT molecular complexity index is 398. The van der Waals surface area contributed by atoms with Gasteiger partial charge in [0.2, 0.25) is 5.91 Å². The molecule has 0 aromatic heterocycles. The van der Waals surface area contributed by atoms with E-state index in [9.17, 15) is 14.9 Å². The minimum absolute atomic E-state index is 0.0565. The second kappa shape index (κ2) is 3.66. The Labute approximate surface area is 86.0 Å². The van der Waals surface area contributed by atoms with Gasteiger partial charge in [-0.25, -0.2) is 0 Å². The van der Waals surface area contributed by atoms with Crippen molar-refractivity contribution in [1.82, 2.24) is 0 Å². The van der Waals surface area contributed by atoms with E-state index in [2.05, 4.69) is 0 Å². The highest BCUT2D eigenvalue weighted by molar-refractivity contribution is 5.85. The standard InChI is InChI=1S/C9H11N3O3/c1-9(11,8(10)13)6-2-4-7(5-3-6)12(14)15/h2-5H,11H2,1H3,(H2,10,13)/t9-/m1/s1. The summed E-state index contributed by atoms with van der Waals surface area (Å²) in [6, 6.07) is 5.40. The molecule has 0 aliphatic heterocycles. The Kier molecular flexibility index (Phi) is 2.71. The lowest BCUT2D eigenvalue weighted by atomic mass is 9.92. The molecule has 1 aromatic rings. The Morgan fingerprint density at radius 2 is 1.87 bits per heavy atom. The first-order valence-electron chi connectivity index (χ1n) is 4.19. The van der Waals surface area contributed by atoms with Gasteiger partial charge >= 0.3 is 0 Å². The van der Waals surface area contributed by atoms with Crippen LogP contribution in [0.3, 0.4) is 0 Å². The smallest absolute Gasteiger partial charge is 0.269 e. The number of primary amides is 1. The number of carbonyl (C=O) groups excluding carboxylic acids is 1. The monoisotopic (exact) mass is 209 g/mol. The minimum Gasteiger partial charge on any atom is -0.368 e. The average molecular weight is 209 g/mol. The lowest BCUT2D eigenvalue weighted by Gasteiger charge is -2.20. The number of nitro benzene ring substituents is 1. The molecule has 1 rings (SSSR count). The molecule has 6 heteroatoms. The number of amides is 1. The van der Waals surface area contributed by atoms with Crippen LogP contribution in [0.25, 0.3) is 0 Å². The van der Waals surface area contributed by atoms with Crippen LogP contribution in [0, 0.1) is 10.1 Å². The molecule has 1 amide bonds. The first-order valence-corrected chi connectivity index (χ1v) is 4.19. The third-order valence-corrected chi connectivity index (χ3v) is 2.19. The van der Waals surface area contributed by atoms with Crippen LogP contribution in [0.5, 0.6) is 0 Å². The van der Waals surface area contributed by atoms with Gasteiger partial charge in [0.25, 0.3) is 5.69 Å². The molecule has 0 aliphatic carbocycles. The summed E-state index contributed by atoms with van der Waals surface area (Å²) >= 11 is 0. The normalized spacial score (nSPS) is 14.3. The summed E-state index contributed by atoms with van der Waals surface area (Å²) in [4.78, 5) is 20.9. The third-order valence-electron chi connectivity index (χ3n) is 2.19. The van der Waals surface area contributed by atoms with Gasteiger partial charge in [0.1, 0.15) is 5.54 Å². The molecule has 80 valence electrons. The van der Waals surface area contributed by atoms with Gasteiger partial charge in [-0.3, -0.25) is 14.9 Å². The van der Waals surface area contributed by atoms with E-state index in [0.717, 1.165) is 0 Å². The van der Waals surface area contributed by atoms with Gasteiger partial charge in [0.15, 0.2) is 0 Å². The summed E-state index contributed by atoms with van der Waals surface area (Å²) in [5.41, 5.74) is 9.84. The molecular weight excluding hydrogens is 198 g/mol. The quantitative estimate of drug-likeness (QED) is 0.548. The average Bonchev–Trinajstić information content (AvgIpc) is 2.17. The Morgan fingerprint density at radius 3 is 2.20 bits per heavy atom. The minimum atomic E-state index is -1.31. The lowest BCUT2D eigenvalue weighted by Crippen LogP contribution is -2.46. The van der Waals surface area contributed by atoms with Crippen LogP contribution in [-0.2, 0) is 10.3 Å². The van der Waals surface area contributed by atoms with Crippen molar-refractivity contribution >= 4 is 11.6 Å². The number of nitrogens with zero attached hydrogens (tertiary/aromatic N) is 1. The zero-order chi connectivity index (χ0) is 11.6. The lowest BCUT2D eigenvalue weighted by molar-refractivity contribution is -0.384. The zero-order valence-corrected chi connectivity index (χ0v) is 8.14. The molecule has 1 aromatic carbocycles. The van der Waals surface area contributed by atoms with E-state index < -0.39 is 16.4 Å². The number of nitro groups is 1. The summed E-state index contributed by atoms with van der Waals surface area (Å²) in [5, 5.41) is 10.4. The van der Waals surface area contributed by atoms with Gasteiger partial charge in [0, 0.05) is 12.1 Å². The maximum atomic E-state index is 11.0. The molecule has 1 atom stereocenters. The predicted molar refractivity (Wildman–Crippen MR) is 53.8 cm³/mol. The van der Waals surface area contributed by atoms with Gasteiger partial charge in [-0.2, -0.15) is 0 Å². The van der Waals surface area contributed by atoms with Crippen LogP contribution in [-0.4, -0.2) is 10.8 Å². The molecule has 0 unspecified atom stereocenters. The maximum absolute atomic E-state index is 11.0. The van der Waals surface area contributed by atoms with Crippen LogP contribution in [0.15, 0.2) is 24.3 Å². The highest BCUT2D eigenvalue weighted by Gasteiger charge is 2.28. The Balaban J connectivity index is 3.09. The van der Waals surface area contributed by atoms with E-state index in [4.69, 9.17) is 11.5 Å². The van der Waals surface area contributed by atoms with Crippen molar-refractivity contribution in [2.24, 2.45) is 11.5 Å². The fourth-order valence-electron chi connectivity index (χ4n) is 1.07. The van der Waals surface area contributed by atoms with Crippen LogP contribution in [0.1, 0.15) is 12.5 Å². The molecular formula is C9H11N3O3. The summed E-state index contributed by atoms with van der Waals surface area (Å²) in [7, 11) is 0. The Morgan fingerprint density at radius 1 is 1.40 bits per heavy atom. The molecule has 15 heavy (non-hydrogen) atoms. The van der Waals surface area contributed by atoms with Crippen molar-refractivity contribution in [1.29, 1.82) is 0 Å². The van der Waals surface area contributed by atoms with E-state index in [1.165, 1.54) is 31.2 Å². The fourth-order valence-corrected chi connectivity index (χ4v) is 1.07. The summed E-state index contributed by atoms with van der Waals surface area (Å²) < 4.78 is 0. The van der Waals surface area contributed by atoms with Crippen molar-refractivity contribution in [2.45, 2.75) is 12.5 Å². The molecule has 4 N–H and O–H groups in total. The number of non-ortho nitro benzene ring substituents is 1. The zero-order valence-electron chi connectivity index (χ0n) is 8.14. The number of hydrogen-bond acceptors (Lipinski definition) is 4. The SMILES string of the molecule is C[C@](N)(C(N)=O)c1ccc([N+](=O)[O-])cc1. The highest BCUT2D eigenvalue weighted by Crippen LogP contribution is 2.20. The number of hydrogen-bond donors (Lipinski definition) is 2. The molecule has 0 radical (unpaired) electrons. The first-order chi connectivity index (χ1) is 6.85. The third kappa shape index (κ3) is 2.10. The van der Waals surface area contributed by atoms with Gasteiger partial charge < -0.3 is 11.5 Å². The summed E-state index contributed by atoms with van der Waals surface area (Å²) in [6.07, 6.45) is 0. The van der Waals surface area contributed by atoms with Gasteiger partial charge in [-0.05, 0) is 24.6 Å². The van der Waals surface area contributed by atoms with Gasteiger partial charge in [-0.15, -0.1) is 0 Å². The van der Waals surface area contributed by atoms with Crippen LogP contribution in [0.2, 0.25) is 0 Å². The Hall–Kier alpha value is -1.95. The number of nitrogens with two attached hydrogens (primary N) is 2. The van der Waals surface area contributed by atoms with E-state index in [1.807, 2.05) is 0 Å². The maximum Gasteiger partial charge on any atom is 0.269 e. The topological polar surface area (TPSA) is 112 Å². The molecule has 0 saturated heterocycles. The van der Waals surface area contributed by atoms with Crippen LogP contribution in [0.4, 0.5) is 5.69 Å². The molecule has 0 heterocycles. The number of rotatable bonds is 3. The second-order valence-corrected chi connectivity index (χ2v) is 3.37. The van der Waals surface area contributed by atoms with Gasteiger partial charge in [-0.1, -0.05) is 0 Å². The van der Waals surface area contributed by atoms with Crippen LogP contribution < -0.4 is 11.5 Å². The first kappa shape index (κ1) is 11.1. The molecule has 0 spiro atoms. The van der Waals surface area contributed by atoms with Crippen molar-refractivity contribution in [3.05, 3.63) is 39.9 Å². The van der Waals surface area contributed by atoms with Crippen molar-refractivity contribution in [3.63, 3.8) is 0 Å². The van der Waals surface area contributed by atoms with Crippen LogP contribution >= 0.6 is 0 Å². The van der Waals surface area contributed by atoms with Crippen molar-refractivity contribution < 1.29 is 9.72 Å². The van der Waals surface area contributed by atoms with Gasteiger partial charge in [0.05, 0.1) is 4.92 Å². The molecule has 6 nitrogen and oxygen atoms in total. The molecule has 0 fully saturated rings. The van der Waals surface area contributed by atoms with Crippen molar-refractivity contribution in [2.75, 3.05) is 0 Å². The molecule has 0 aliphatic rings. The van der Waals surface area contributed by atoms with Crippen molar-refractivity contribution in [3.8, 4) is 0 Å². The highest BCUT2D eigenvalue weighted by atomic mass is 16.6. The second-order valence-electron chi connectivity index (χ2n) is 3.37. The number of benzene rings is 1. The summed E-state index contributed by atoms with van der Waals surface area (Å²) in [5.74, 6) is -0.684. The fraction of sp³-hybridized carbons (Fsp3) is 0.222. The molecule has 0 saturated carbocycles. The van der Waals surface area contributed by atoms with E-state index in [1.54, 1.807) is 0 Å². The van der Waals surface area contributed by atoms with E-state index in [-0.39, 0.29) is 5.69 Å². The van der Waals surface area contributed by atoms with E-state index in [0.29, 0.717) is 5.56 Å². The largest absolute Gasteiger partial charge is 0.368 e. The predicted octanol–water partition coefficient (Wildman–Crippen LogP) is 0.254. The molecule has 0 bridgehead atoms. The number of carbonyl (C=O) groups is 1.